The molecule has 2 N–H and O–H groups in total. The number of rotatable bonds is 4. The molecule has 28 heavy (non-hydrogen) atoms. The van der Waals surface area contributed by atoms with Crippen molar-refractivity contribution in [3.8, 4) is 11.3 Å². The van der Waals surface area contributed by atoms with Gasteiger partial charge in [-0.05, 0) is 55.4 Å². The third-order valence-corrected chi connectivity index (χ3v) is 6.96. The molecule has 0 amide bonds. The summed E-state index contributed by atoms with van der Waals surface area (Å²) in [6.45, 7) is 2.18. The van der Waals surface area contributed by atoms with Crippen molar-refractivity contribution in [1.82, 2.24) is 10.3 Å². The molecule has 0 radical (unpaired) electrons. The third kappa shape index (κ3) is 3.23. The molecule has 3 aliphatic rings. The van der Waals surface area contributed by atoms with E-state index in [1.807, 2.05) is 24.4 Å². The topological polar surface area (TPSA) is 45.1 Å². The standard InChI is InChI=1S/C25H28N2O/c28-23(14-25-12-10-18(11-13-25)15-26-17-25)22-16-27-24(19-6-2-1-3-7-19)21-9-5-4-8-20(21)22/h1-9,16,18,23,26,28H,10-15,17H2. The minimum Gasteiger partial charge on any atom is -0.388 e. The average Bonchev–Trinajstić information content (AvgIpc) is 3.07. The lowest BCUT2D eigenvalue weighted by Gasteiger charge is -2.38. The minimum absolute atomic E-state index is 0.228. The van der Waals surface area contributed by atoms with Crippen LogP contribution in [-0.2, 0) is 0 Å². The van der Waals surface area contributed by atoms with Crippen molar-refractivity contribution in [3.05, 3.63) is 66.4 Å². The Hall–Kier alpha value is -2.23. The normalized spacial score (nSPS) is 25.5. The van der Waals surface area contributed by atoms with E-state index in [9.17, 15) is 5.11 Å². The van der Waals surface area contributed by atoms with Crippen molar-refractivity contribution in [2.45, 2.75) is 38.2 Å². The first kappa shape index (κ1) is 17.8. The molecule has 2 bridgehead atoms. The Kier molecular flexibility index (Phi) is 4.65. The van der Waals surface area contributed by atoms with Gasteiger partial charge >= 0.3 is 0 Å². The fourth-order valence-electron chi connectivity index (χ4n) is 5.31. The number of aliphatic hydroxyl groups is 1. The van der Waals surface area contributed by atoms with Crippen molar-refractivity contribution in [2.75, 3.05) is 13.1 Å². The molecule has 3 heteroatoms. The molecule has 1 saturated carbocycles. The van der Waals surface area contributed by atoms with Crippen LogP contribution >= 0.6 is 0 Å². The van der Waals surface area contributed by atoms with Crippen LogP contribution in [0.3, 0.4) is 0 Å². The number of benzene rings is 2. The smallest absolute Gasteiger partial charge is 0.0816 e. The summed E-state index contributed by atoms with van der Waals surface area (Å²) in [5.74, 6) is 0.834. The first-order chi connectivity index (χ1) is 13.7. The van der Waals surface area contributed by atoms with E-state index in [2.05, 4.69) is 41.7 Å². The first-order valence-corrected chi connectivity index (χ1v) is 10.6. The summed E-state index contributed by atoms with van der Waals surface area (Å²) in [5, 5.41) is 17.2. The van der Waals surface area contributed by atoms with Crippen LogP contribution in [0.2, 0.25) is 0 Å². The lowest BCUT2D eigenvalue weighted by molar-refractivity contribution is 0.0723. The number of aliphatic hydroxyl groups excluding tert-OH is 1. The van der Waals surface area contributed by atoms with Crippen LogP contribution in [0.25, 0.3) is 22.0 Å². The predicted octanol–water partition coefficient (Wildman–Crippen LogP) is 5.11. The number of hydrogen-bond donors (Lipinski definition) is 2. The number of fused-ring (bicyclic) bond motifs is 5. The fourth-order valence-corrected chi connectivity index (χ4v) is 5.31. The van der Waals surface area contributed by atoms with Crippen molar-refractivity contribution in [2.24, 2.45) is 11.3 Å². The van der Waals surface area contributed by atoms with Gasteiger partial charge in [0.25, 0.3) is 0 Å². The molecule has 2 aliphatic heterocycles. The molecule has 2 saturated heterocycles. The van der Waals surface area contributed by atoms with Crippen LogP contribution in [0, 0.1) is 11.3 Å². The molecule has 3 nitrogen and oxygen atoms in total. The molecule has 1 aliphatic carbocycles. The van der Waals surface area contributed by atoms with Crippen LogP contribution in [0.15, 0.2) is 60.8 Å². The summed E-state index contributed by atoms with van der Waals surface area (Å²) < 4.78 is 0. The van der Waals surface area contributed by atoms with Gasteiger partial charge in [0.05, 0.1) is 11.8 Å². The van der Waals surface area contributed by atoms with Gasteiger partial charge in [-0.3, -0.25) is 4.98 Å². The molecule has 2 aromatic carbocycles. The minimum atomic E-state index is -0.473. The zero-order valence-electron chi connectivity index (χ0n) is 16.3. The van der Waals surface area contributed by atoms with Crippen LogP contribution in [0.5, 0.6) is 0 Å². The quantitative estimate of drug-likeness (QED) is 0.669. The van der Waals surface area contributed by atoms with Gasteiger partial charge < -0.3 is 10.4 Å². The van der Waals surface area contributed by atoms with E-state index in [-0.39, 0.29) is 5.41 Å². The molecular formula is C25H28N2O. The van der Waals surface area contributed by atoms with Gasteiger partial charge in [-0.2, -0.15) is 0 Å². The number of pyridine rings is 1. The van der Waals surface area contributed by atoms with Crippen molar-refractivity contribution >= 4 is 10.8 Å². The Morgan fingerprint density at radius 2 is 1.71 bits per heavy atom. The molecule has 1 aromatic heterocycles. The highest BCUT2D eigenvalue weighted by Crippen LogP contribution is 2.46. The Labute approximate surface area is 166 Å². The molecule has 3 aromatic rings. The monoisotopic (exact) mass is 372 g/mol. The number of nitrogens with one attached hydrogen (secondary N) is 1. The van der Waals surface area contributed by atoms with Crippen molar-refractivity contribution in [3.63, 3.8) is 0 Å². The second-order valence-corrected chi connectivity index (χ2v) is 8.77. The number of aromatic nitrogens is 1. The summed E-state index contributed by atoms with van der Waals surface area (Å²) >= 11 is 0. The van der Waals surface area contributed by atoms with Gasteiger partial charge in [0, 0.05) is 29.3 Å². The summed E-state index contributed by atoms with van der Waals surface area (Å²) in [7, 11) is 0. The van der Waals surface area contributed by atoms with Gasteiger partial charge in [-0.1, -0.05) is 54.6 Å². The SMILES string of the molecule is OC(CC12CCC(CC1)CNC2)c1cnc(-c2ccccc2)c2ccccc12. The highest BCUT2D eigenvalue weighted by Gasteiger charge is 2.39. The van der Waals surface area contributed by atoms with Crippen LogP contribution < -0.4 is 5.32 Å². The molecule has 144 valence electrons. The van der Waals surface area contributed by atoms with Gasteiger partial charge in [-0.25, -0.2) is 0 Å². The summed E-state index contributed by atoms with van der Waals surface area (Å²) in [6, 6.07) is 18.7. The maximum Gasteiger partial charge on any atom is 0.0816 e. The Morgan fingerprint density at radius 3 is 2.50 bits per heavy atom. The predicted molar refractivity (Wildman–Crippen MR) is 114 cm³/mol. The van der Waals surface area contributed by atoms with Gasteiger partial charge in [0.2, 0.25) is 0 Å². The highest BCUT2D eigenvalue weighted by atomic mass is 16.3. The van der Waals surface area contributed by atoms with Crippen molar-refractivity contribution in [1.29, 1.82) is 0 Å². The molecule has 6 rings (SSSR count). The first-order valence-electron chi connectivity index (χ1n) is 10.6. The second-order valence-electron chi connectivity index (χ2n) is 8.77. The Morgan fingerprint density at radius 1 is 1.00 bits per heavy atom. The van der Waals surface area contributed by atoms with E-state index in [1.165, 1.54) is 25.7 Å². The van der Waals surface area contributed by atoms with E-state index in [4.69, 9.17) is 4.98 Å². The number of nitrogens with zero attached hydrogens (tertiary/aromatic N) is 1. The van der Waals surface area contributed by atoms with E-state index < -0.39 is 6.10 Å². The van der Waals surface area contributed by atoms with Gasteiger partial charge in [0.1, 0.15) is 0 Å². The van der Waals surface area contributed by atoms with Crippen molar-refractivity contribution < 1.29 is 5.11 Å². The lowest BCUT2D eigenvalue weighted by Crippen LogP contribution is -2.33. The Bertz CT molecular complexity index is 955. The van der Waals surface area contributed by atoms with Crippen LogP contribution in [-0.4, -0.2) is 23.2 Å². The number of hydrogen-bond acceptors (Lipinski definition) is 3. The van der Waals surface area contributed by atoms with E-state index >= 15 is 0 Å². The highest BCUT2D eigenvalue weighted by molar-refractivity contribution is 5.96. The molecule has 1 atom stereocenters. The zero-order chi connectivity index (χ0) is 19.0. The molecule has 1 unspecified atom stereocenters. The molecule has 3 fully saturated rings. The largest absolute Gasteiger partial charge is 0.388 e. The van der Waals surface area contributed by atoms with Crippen LogP contribution in [0.1, 0.15) is 43.8 Å². The lowest BCUT2D eigenvalue weighted by atomic mass is 9.68. The third-order valence-electron chi connectivity index (χ3n) is 6.96. The van der Waals surface area contributed by atoms with Gasteiger partial charge in [0.15, 0.2) is 0 Å². The fraction of sp³-hybridized carbons (Fsp3) is 0.400. The molecule has 0 spiro atoms. The van der Waals surface area contributed by atoms with E-state index in [0.717, 1.165) is 53.0 Å². The van der Waals surface area contributed by atoms with Gasteiger partial charge in [-0.15, -0.1) is 0 Å². The van der Waals surface area contributed by atoms with E-state index in [0.29, 0.717) is 0 Å². The summed E-state index contributed by atoms with van der Waals surface area (Å²) in [5.41, 5.74) is 3.30. The van der Waals surface area contributed by atoms with E-state index in [1.54, 1.807) is 0 Å². The average molecular weight is 373 g/mol. The molecule has 3 heterocycles. The second kappa shape index (κ2) is 7.31. The maximum absolute atomic E-state index is 11.3. The molecular weight excluding hydrogens is 344 g/mol. The zero-order valence-corrected chi connectivity index (χ0v) is 16.3. The Balaban J connectivity index is 1.51. The summed E-state index contributed by atoms with van der Waals surface area (Å²) in [6.07, 6.45) is 7.31. The van der Waals surface area contributed by atoms with Crippen LogP contribution in [0.4, 0.5) is 0 Å². The summed E-state index contributed by atoms with van der Waals surface area (Å²) in [4.78, 5) is 4.79. The maximum atomic E-state index is 11.3.